The Labute approximate surface area is 145 Å². The lowest BCUT2D eigenvalue weighted by Crippen LogP contribution is -2.33. The molecular weight excluding hydrogens is 334 g/mol. The average Bonchev–Trinajstić information content (AvgIpc) is 2.57. The van der Waals surface area contributed by atoms with Crippen LogP contribution in [-0.4, -0.2) is 63.4 Å². The van der Waals surface area contributed by atoms with Crippen LogP contribution in [0.5, 0.6) is 0 Å². The molecule has 0 spiro atoms. The predicted molar refractivity (Wildman–Crippen MR) is 86.3 cm³/mol. The zero-order valence-corrected chi connectivity index (χ0v) is 14.5. The van der Waals surface area contributed by atoms with E-state index < -0.39 is 30.0 Å². The maximum Gasteiger partial charge on any atom is 0.331 e. The summed E-state index contributed by atoms with van der Waals surface area (Å²) in [6, 6.07) is 0. The van der Waals surface area contributed by atoms with Crippen LogP contribution in [0.3, 0.4) is 0 Å². The monoisotopic (exact) mass is 357 g/mol. The Morgan fingerprint density at radius 2 is 1.24 bits per heavy atom. The summed E-state index contributed by atoms with van der Waals surface area (Å²) in [7, 11) is 1.62. The maximum atomic E-state index is 11.6. The molecule has 140 valence electrons. The second-order valence-electron chi connectivity index (χ2n) is 4.42. The Kier molecular flexibility index (Phi) is 12.3. The third-order valence-corrected chi connectivity index (χ3v) is 2.41. The first-order valence-corrected chi connectivity index (χ1v) is 7.64. The summed E-state index contributed by atoms with van der Waals surface area (Å²) in [5.41, 5.74) is 0. The molecule has 0 aliphatic carbocycles. The molecule has 0 aromatic carbocycles. The summed E-state index contributed by atoms with van der Waals surface area (Å²) in [6.07, 6.45) is 2.94. The largest absolute Gasteiger partial charge is 0.463 e. The Hall–Kier alpha value is -2.68. The lowest BCUT2D eigenvalue weighted by molar-refractivity contribution is -0.152. The number of likely N-dealkylation sites (N-methyl/N-ethyl adjacent to an activating group) is 1. The van der Waals surface area contributed by atoms with Crippen LogP contribution in [0.1, 0.15) is 13.8 Å². The Morgan fingerprint density at radius 3 is 1.68 bits per heavy atom. The molecule has 0 aromatic heterocycles. The molecule has 0 bridgehead atoms. The minimum absolute atomic E-state index is 0.190. The Morgan fingerprint density at radius 1 is 0.800 bits per heavy atom. The van der Waals surface area contributed by atoms with Gasteiger partial charge in [0.2, 0.25) is 0 Å². The second kappa shape index (κ2) is 13.7. The van der Waals surface area contributed by atoms with Gasteiger partial charge in [0, 0.05) is 30.8 Å². The number of hydrogen-bond donors (Lipinski definition) is 1. The standard InChI is InChI=1S/C16H23NO8/c1-4-22-13(18)6-7-15(20)24-11-12(10-17-3)25-16(21)9-8-14(19)23-5-2/h6-9,12,17H,4-5,10-11H2,1-3H3/b7-6+,9-8+. The van der Waals surface area contributed by atoms with Crippen LogP contribution in [0, 0.1) is 0 Å². The molecule has 0 aliphatic heterocycles. The van der Waals surface area contributed by atoms with Crippen LogP contribution in [-0.2, 0) is 38.1 Å². The van der Waals surface area contributed by atoms with Crippen molar-refractivity contribution in [2.24, 2.45) is 0 Å². The smallest absolute Gasteiger partial charge is 0.331 e. The van der Waals surface area contributed by atoms with Crippen molar-refractivity contribution in [3.05, 3.63) is 24.3 Å². The molecule has 0 fully saturated rings. The number of nitrogens with one attached hydrogen (secondary N) is 1. The molecule has 0 aliphatic rings. The SMILES string of the molecule is CCOC(=O)/C=C/C(=O)OCC(CNC)OC(=O)/C=C/C(=O)OCC. The predicted octanol–water partition coefficient (Wildman–Crippen LogP) is -0.101. The summed E-state index contributed by atoms with van der Waals surface area (Å²) < 4.78 is 19.2. The number of carbonyl (C=O) groups is 4. The minimum Gasteiger partial charge on any atom is -0.463 e. The van der Waals surface area contributed by atoms with Gasteiger partial charge in [-0.3, -0.25) is 0 Å². The molecule has 1 N–H and O–H groups in total. The van der Waals surface area contributed by atoms with E-state index in [4.69, 9.17) is 9.47 Å². The minimum atomic E-state index is -0.786. The van der Waals surface area contributed by atoms with E-state index >= 15 is 0 Å². The van der Waals surface area contributed by atoms with Crippen molar-refractivity contribution in [1.82, 2.24) is 5.32 Å². The molecule has 0 heterocycles. The highest BCUT2D eigenvalue weighted by Gasteiger charge is 2.14. The van der Waals surface area contributed by atoms with Crippen molar-refractivity contribution in [2.45, 2.75) is 20.0 Å². The third kappa shape index (κ3) is 12.4. The van der Waals surface area contributed by atoms with Gasteiger partial charge in [-0.05, 0) is 20.9 Å². The van der Waals surface area contributed by atoms with E-state index in [-0.39, 0.29) is 26.4 Å². The summed E-state index contributed by atoms with van der Waals surface area (Å²) in [5, 5.41) is 2.77. The molecule has 9 nitrogen and oxygen atoms in total. The van der Waals surface area contributed by atoms with Gasteiger partial charge in [-0.15, -0.1) is 0 Å². The van der Waals surface area contributed by atoms with Gasteiger partial charge >= 0.3 is 23.9 Å². The molecule has 0 rings (SSSR count). The van der Waals surface area contributed by atoms with Crippen molar-refractivity contribution in [3.8, 4) is 0 Å². The van der Waals surface area contributed by atoms with Gasteiger partial charge < -0.3 is 24.3 Å². The van der Waals surface area contributed by atoms with E-state index in [0.717, 1.165) is 24.3 Å². The van der Waals surface area contributed by atoms with E-state index in [9.17, 15) is 19.2 Å². The molecule has 0 saturated heterocycles. The van der Waals surface area contributed by atoms with Crippen LogP contribution >= 0.6 is 0 Å². The van der Waals surface area contributed by atoms with E-state index in [1.54, 1.807) is 20.9 Å². The highest BCUT2D eigenvalue weighted by molar-refractivity contribution is 5.92. The van der Waals surface area contributed by atoms with Crippen molar-refractivity contribution >= 4 is 23.9 Å². The van der Waals surface area contributed by atoms with Crippen LogP contribution in [0.25, 0.3) is 0 Å². The van der Waals surface area contributed by atoms with Crippen LogP contribution in [0.4, 0.5) is 0 Å². The zero-order valence-electron chi connectivity index (χ0n) is 14.5. The molecule has 1 unspecified atom stereocenters. The molecule has 9 heteroatoms. The molecule has 0 saturated carbocycles. The van der Waals surface area contributed by atoms with E-state index in [1.807, 2.05) is 0 Å². The fraction of sp³-hybridized carbons (Fsp3) is 0.500. The van der Waals surface area contributed by atoms with Gasteiger partial charge in [0.15, 0.2) is 0 Å². The van der Waals surface area contributed by atoms with Gasteiger partial charge in [-0.25, -0.2) is 19.2 Å². The zero-order chi connectivity index (χ0) is 19.1. The van der Waals surface area contributed by atoms with Crippen LogP contribution < -0.4 is 5.32 Å². The normalized spacial score (nSPS) is 12.0. The lowest BCUT2D eigenvalue weighted by Gasteiger charge is -2.16. The van der Waals surface area contributed by atoms with E-state index in [2.05, 4.69) is 14.8 Å². The van der Waals surface area contributed by atoms with Crippen LogP contribution in [0.15, 0.2) is 24.3 Å². The Bertz CT molecular complexity index is 512. The summed E-state index contributed by atoms with van der Waals surface area (Å²) in [5.74, 6) is -2.90. The molecule has 0 radical (unpaired) electrons. The fourth-order valence-corrected chi connectivity index (χ4v) is 1.44. The van der Waals surface area contributed by atoms with Crippen LogP contribution in [0.2, 0.25) is 0 Å². The van der Waals surface area contributed by atoms with Crippen molar-refractivity contribution in [2.75, 3.05) is 33.4 Å². The first kappa shape index (κ1) is 22.3. The van der Waals surface area contributed by atoms with Gasteiger partial charge in [0.1, 0.15) is 12.7 Å². The second-order valence-corrected chi connectivity index (χ2v) is 4.42. The topological polar surface area (TPSA) is 117 Å². The lowest BCUT2D eigenvalue weighted by atomic mass is 10.3. The van der Waals surface area contributed by atoms with Crippen molar-refractivity contribution in [3.63, 3.8) is 0 Å². The summed E-state index contributed by atoms with van der Waals surface area (Å²) in [4.78, 5) is 45.3. The Balaban J connectivity index is 4.41. The average molecular weight is 357 g/mol. The van der Waals surface area contributed by atoms with E-state index in [0.29, 0.717) is 0 Å². The first-order chi connectivity index (χ1) is 11.9. The number of ether oxygens (including phenoxy) is 4. The molecule has 0 amide bonds. The summed E-state index contributed by atoms with van der Waals surface area (Å²) in [6.45, 7) is 3.64. The number of carbonyl (C=O) groups excluding carboxylic acids is 4. The van der Waals surface area contributed by atoms with E-state index in [1.165, 1.54) is 0 Å². The van der Waals surface area contributed by atoms with Gasteiger partial charge in [-0.1, -0.05) is 0 Å². The number of esters is 4. The molecule has 0 aromatic rings. The quantitative estimate of drug-likeness (QED) is 0.307. The summed E-state index contributed by atoms with van der Waals surface area (Å²) >= 11 is 0. The first-order valence-electron chi connectivity index (χ1n) is 7.64. The highest BCUT2D eigenvalue weighted by Crippen LogP contribution is 1.97. The third-order valence-electron chi connectivity index (χ3n) is 2.41. The molecular formula is C16H23NO8. The number of hydrogen-bond acceptors (Lipinski definition) is 9. The maximum absolute atomic E-state index is 11.6. The fourth-order valence-electron chi connectivity index (χ4n) is 1.44. The highest BCUT2D eigenvalue weighted by atomic mass is 16.6. The number of rotatable bonds is 11. The molecule has 1 atom stereocenters. The van der Waals surface area contributed by atoms with Crippen molar-refractivity contribution in [1.29, 1.82) is 0 Å². The molecule has 25 heavy (non-hydrogen) atoms. The van der Waals surface area contributed by atoms with Gasteiger partial charge in [-0.2, -0.15) is 0 Å². The van der Waals surface area contributed by atoms with Crippen molar-refractivity contribution < 1.29 is 38.1 Å². The van der Waals surface area contributed by atoms with Gasteiger partial charge in [0.25, 0.3) is 0 Å². The van der Waals surface area contributed by atoms with Gasteiger partial charge in [0.05, 0.1) is 13.2 Å².